The van der Waals surface area contributed by atoms with Gasteiger partial charge in [-0.1, -0.05) is 6.07 Å². The summed E-state index contributed by atoms with van der Waals surface area (Å²) in [7, 11) is -3.04. The molecule has 1 fully saturated rings. The van der Waals surface area contributed by atoms with Crippen molar-refractivity contribution in [1.82, 2.24) is 4.90 Å². The van der Waals surface area contributed by atoms with Gasteiger partial charge in [-0.05, 0) is 38.0 Å². The number of amides is 1. The zero-order valence-electron chi connectivity index (χ0n) is 12.8. The Balaban J connectivity index is 1.98. The number of aryl methyl sites for hydroxylation is 1. The fourth-order valence-electron chi connectivity index (χ4n) is 2.70. The van der Waals surface area contributed by atoms with Crippen LogP contribution in [0.2, 0.25) is 0 Å². The predicted octanol–water partition coefficient (Wildman–Crippen LogP) is 1.58. The minimum Gasteiger partial charge on any atom is -0.374 e. The predicted molar refractivity (Wildman–Crippen MR) is 84.1 cm³/mol. The number of sulfone groups is 1. The third-order valence-corrected chi connectivity index (χ3v) is 5.62. The van der Waals surface area contributed by atoms with E-state index in [9.17, 15) is 17.6 Å². The van der Waals surface area contributed by atoms with E-state index in [1.165, 1.54) is 6.07 Å². The van der Waals surface area contributed by atoms with Crippen LogP contribution in [0.4, 0.5) is 10.1 Å². The van der Waals surface area contributed by atoms with Gasteiger partial charge >= 0.3 is 0 Å². The highest BCUT2D eigenvalue weighted by Crippen LogP contribution is 2.19. The van der Waals surface area contributed by atoms with Crippen LogP contribution in [0.25, 0.3) is 0 Å². The van der Waals surface area contributed by atoms with E-state index in [0.29, 0.717) is 13.0 Å². The third-order valence-electron chi connectivity index (χ3n) is 3.86. The van der Waals surface area contributed by atoms with E-state index in [-0.39, 0.29) is 35.7 Å². The monoisotopic (exact) mass is 328 g/mol. The molecule has 1 unspecified atom stereocenters. The second kappa shape index (κ2) is 6.64. The summed E-state index contributed by atoms with van der Waals surface area (Å²) in [5.74, 6) is -0.476. The molecule has 1 aromatic carbocycles. The Bertz CT molecular complexity index is 661. The molecule has 0 radical (unpaired) electrons. The molecule has 1 N–H and O–H groups in total. The molecule has 122 valence electrons. The van der Waals surface area contributed by atoms with Crippen molar-refractivity contribution in [3.8, 4) is 0 Å². The van der Waals surface area contributed by atoms with Gasteiger partial charge in [0.2, 0.25) is 5.91 Å². The van der Waals surface area contributed by atoms with Gasteiger partial charge in [0, 0.05) is 12.6 Å². The van der Waals surface area contributed by atoms with E-state index in [2.05, 4.69) is 5.32 Å². The molecule has 7 heteroatoms. The lowest BCUT2D eigenvalue weighted by Crippen LogP contribution is -2.43. The molecule has 0 spiro atoms. The number of carbonyl (C=O) groups excluding carboxylic acids is 1. The number of nitrogens with one attached hydrogen (secondary N) is 1. The topological polar surface area (TPSA) is 66.5 Å². The van der Waals surface area contributed by atoms with E-state index in [0.717, 1.165) is 5.56 Å². The molecule has 1 heterocycles. The maximum Gasteiger partial charge on any atom is 0.242 e. The minimum atomic E-state index is -3.04. The minimum absolute atomic E-state index is 0.0193. The number of hydrogen-bond acceptors (Lipinski definition) is 4. The molecule has 0 aromatic heterocycles. The van der Waals surface area contributed by atoms with Crippen molar-refractivity contribution in [3.63, 3.8) is 0 Å². The van der Waals surface area contributed by atoms with Crippen LogP contribution in [0.3, 0.4) is 0 Å². The van der Waals surface area contributed by atoms with Gasteiger partial charge in [0.25, 0.3) is 0 Å². The van der Waals surface area contributed by atoms with Gasteiger partial charge < -0.3 is 10.2 Å². The summed E-state index contributed by atoms with van der Waals surface area (Å²) in [5.41, 5.74) is 1.08. The maximum absolute atomic E-state index is 13.7. The van der Waals surface area contributed by atoms with E-state index in [1.54, 1.807) is 24.0 Å². The summed E-state index contributed by atoms with van der Waals surface area (Å²) in [6.45, 7) is 3.99. The molecule has 2 rings (SSSR count). The molecular formula is C15H21FN2O3S. The molecular weight excluding hydrogens is 307 g/mol. The fraction of sp³-hybridized carbons (Fsp3) is 0.533. The molecule has 1 atom stereocenters. The number of halogens is 1. The lowest BCUT2D eigenvalue weighted by molar-refractivity contribution is -0.130. The van der Waals surface area contributed by atoms with E-state index in [1.807, 2.05) is 6.92 Å². The van der Waals surface area contributed by atoms with Crippen LogP contribution in [0.1, 0.15) is 18.9 Å². The second-order valence-corrected chi connectivity index (χ2v) is 7.80. The first kappa shape index (κ1) is 16.7. The summed E-state index contributed by atoms with van der Waals surface area (Å²) in [4.78, 5) is 13.8. The summed E-state index contributed by atoms with van der Waals surface area (Å²) in [6.07, 6.45) is 0.473. The Hall–Kier alpha value is -1.63. The number of rotatable bonds is 5. The number of anilines is 1. The van der Waals surface area contributed by atoms with E-state index >= 15 is 0 Å². The lowest BCUT2D eigenvalue weighted by atomic mass is 10.2. The highest BCUT2D eigenvalue weighted by Gasteiger charge is 2.33. The number of hydrogen-bond donors (Lipinski definition) is 1. The molecule has 0 saturated carbocycles. The summed E-state index contributed by atoms with van der Waals surface area (Å²) < 4.78 is 36.8. The van der Waals surface area contributed by atoms with Crippen molar-refractivity contribution in [2.24, 2.45) is 0 Å². The van der Waals surface area contributed by atoms with Gasteiger partial charge in [-0.2, -0.15) is 0 Å². The number of likely N-dealkylation sites (N-methyl/N-ethyl adjacent to an activating group) is 1. The van der Waals surface area contributed by atoms with Crippen molar-refractivity contribution >= 4 is 21.4 Å². The average Bonchev–Trinajstić information content (AvgIpc) is 2.78. The number of benzene rings is 1. The van der Waals surface area contributed by atoms with Crippen molar-refractivity contribution in [1.29, 1.82) is 0 Å². The summed E-state index contributed by atoms with van der Waals surface area (Å²) >= 11 is 0. The first-order valence-corrected chi connectivity index (χ1v) is 9.14. The van der Waals surface area contributed by atoms with Gasteiger partial charge in [-0.3, -0.25) is 4.79 Å². The molecule has 0 bridgehead atoms. The lowest BCUT2D eigenvalue weighted by Gasteiger charge is -2.27. The smallest absolute Gasteiger partial charge is 0.242 e. The van der Waals surface area contributed by atoms with Crippen LogP contribution >= 0.6 is 0 Å². The molecule has 1 aromatic rings. The normalized spacial score (nSPS) is 19.9. The molecule has 1 amide bonds. The fourth-order valence-corrected chi connectivity index (χ4v) is 4.43. The quantitative estimate of drug-likeness (QED) is 0.891. The zero-order valence-corrected chi connectivity index (χ0v) is 13.6. The largest absolute Gasteiger partial charge is 0.374 e. The highest BCUT2D eigenvalue weighted by molar-refractivity contribution is 7.91. The number of carbonyl (C=O) groups is 1. The molecule has 1 aliphatic heterocycles. The van der Waals surface area contributed by atoms with Crippen LogP contribution in [0.15, 0.2) is 18.2 Å². The van der Waals surface area contributed by atoms with Crippen molar-refractivity contribution in [2.75, 3.05) is 29.9 Å². The summed E-state index contributed by atoms with van der Waals surface area (Å²) in [5, 5.41) is 2.78. The SMILES string of the molecule is CCN(C(=O)CNc1ccc(C)cc1F)C1CCS(=O)(=O)C1. The highest BCUT2D eigenvalue weighted by atomic mass is 32.2. The number of nitrogens with zero attached hydrogens (tertiary/aromatic N) is 1. The zero-order chi connectivity index (χ0) is 16.3. The first-order chi connectivity index (χ1) is 10.3. The standard InChI is InChI=1S/C15H21FN2O3S/c1-3-18(12-6-7-22(20,21)10-12)15(19)9-17-14-5-4-11(2)8-13(14)16/h4-5,8,12,17H,3,6-7,9-10H2,1-2H3. The van der Waals surface area contributed by atoms with Gasteiger partial charge in [0.1, 0.15) is 5.82 Å². The maximum atomic E-state index is 13.7. The second-order valence-electron chi connectivity index (χ2n) is 5.57. The van der Waals surface area contributed by atoms with Crippen molar-refractivity contribution in [2.45, 2.75) is 26.3 Å². The Labute approximate surface area is 130 Å². The van der Waals surface area contributed by atoms with E-state index in [4.69, 9.17) is 0 Å². The van der Waals surface area contributed by atoms with E-state index < -0.39 is 15.7 Å². The van der Waals surface area contributed by atoms with Crippen LogP contribution in [-0.4, -0.2) is 49.9 Å². The first-order valence-electron chi connectivity index (χ1n) is 7.32. The Morgan fingerprint density at radius 2 is 2.18 bits per heavy atom. The van der Waals surface area contributed by atoms with Crippen molar-refractivity contribution < 1.29 is 17.6 Å². The Morgan fingerprint density at radius 1 is 1.45 bits per heavy atom. The van der Waals surface area contributed by atoms with Crippen LogP contribution < -0.4 is 5.32 Å². The molecule has 1 saturated heterocycles. The van der Waals surface area contributed by atoms with Crippen LogP contribution in [0, 0.1) is 12.7 Å². The molecule has 22 heavy (non-hydrogen) atoms. The molecule has 0 aliphatic carbocycles. The van der Waals surface area contributed by atoms with Crippen molar-refractivity contribution in [3.05, 3.63) is 29.6 Å². The Morgan fingerprint density at radius 3 is 2.73 bits per heavy atom. The third kappa shape index (κ3) is 3.97. The summed E-state index contributed by atoms with van der Waals surface area (Å²) in [6, 6.07) is 4.48. The Kier molecular flexibility index (Phi) is 5.05. The van der Waals surface area contributed by atoms with Crippen LogP contribution in [0.5, 0.6) is 0 Å². The van der Waals surface area contributed by atoms with Gasteiger partial charge in [0.15, 0.2) is 9.84 Å². The van der Waals surface area contributed by atoms with Crippen LogP contribution in [-0.2, 0) is 14.6 Å². The molecule has 5 nitrogen and oxygen atoms in total. The molecule has 1 aliphatic rings. The van der Waals surface area contributed by atoms with Gasteiger partial charge in [-0.25, -0.2) is 12.8 Å². The van der Waals surface area contributed by atoms with Gasteiger partial charge in [0.05, 0.1) is 23.7 Å². The van der Waals surface area contributed by atoms with Gasteiger partial charge in [-0.15, -0.1) is 0 Å². The average molecular weight is 328 g/mol.